The summed E-state index contributed by atoms with van der Waals surface area (Å²) < 4.78 is 21.8. The maximum absolute atomic E-state index is 10.2. The van der Waals surface area contributed by atoms with Crippen molar-refractivity contribution in [3.63, 3.8) is 0 Å². The molecule has 0 amide bonds. The molecule has 0 radical (unpaired) electrons. The van der Waals surface area contributed by atoms with Gasteiger partial charge in [-0.1, -0.05) is 36.4 Å². The zero-order valence-corrected chi connectivity index (χ0v) is 12.2. The van der Waals surface area contributed by atoms with E-state index < -0.39 is 37.0 Å². The highest BCUT2D eigenvalue weighted by atomic mass is 16.7. The van der Waals surface area contributed by atoms with Crippen LogP contribution in [0.15, 0.2) is 36.4 Å². The molecule has 0 saturated carbocycles. The minimum atomic E-state index is -1.15. The fourth-order valence-corrected chi connectivity index (χ4v) is 2.64. The highest BCUT2D eigenvalue weighted by Crippen LogP contribution is 2.29. The van der Waals surface area contributed by atoms with E-state index in [0.29, 0.717) is 0 Å². The highest BCUT2D eigenvalue weighted by molar-refractivity contribution is 5.49. The largest absolute Gasteiger partial charge is 0.387 e. The molecule has 0 aliphatic carbocycles. The van der Waals surface area contributed by atoms with Crippen LogP contribution in [-0.4, -0.2) is 60.9 Å². The van der Waals surface area contributed by atoms with E-state index in [9.17, 15) is 10.2 Å². The zero-order valence-electron chi connectivity index (χ0n) is 12.2. The molecule has 6 nitrogen and oxygen atoms in total. The molecule has 2 saturated heterocycles. The Morgan fingerprint density at radius 1 is 1.14 bits per heavy atom. The summed E-state index contributed by atoms with van der Waals surface area (Å²) in [4.78, 5) is 0. The molecule has 2 fully saturated rings. The number of aliphatic hydroxyl groups excluding tert-OH is 2. The quantitative estimate of drug-likeness (QED) is 0.848. The lowest BCUT2D eigenvalue weighted by Crippen LogP contribution is -2.62. The lowest BCUT2D eigenvalue weighted by Gasteiger charge is -2.45. The van der Waals surface area contributed by atoms with Crippen molar-refractivity contribution in [3.8, 4) is 0 Å². The second kappa shape index (κ2) is 6.87. The predicted octanol–water partition coefficient (Wildman–Crippen LogP) is 0.534. The number of hydrogen-bond donors (Lipinski definition) is 2. The third-order valence-electron chi connectivity index (χ3n) is 3.83. The minimum absolute atomic E-state index is 0.262. The Bertz CT molecular complexity index is 503. The van der Waals surface area contributed by atoms with Crippen molar-refractivity contribution in [2.45, 2.75) is 37.0 Å². The van der Waals surface area contributed by atoms with E-state index in [1.165, 1.54) is 7.11 Å². The van der Waals surface area contributed by atoms with Crippen LogP contribution in [0.4, 0.5) is 0 Å². The molecule has 2 heterocycles. The number of aliphatic hydroxyl groups is 2. The molecular weight excluding hydrogens is 288 g/mol. The average Bonchev–Trinajstić information content (AvgIpc) is 2.57. The summed E-state index contributed by atoms with van der Waals surface area (Å²) >= 11 is 0. The predicted molar refractivity (Wildman–Crippen MR) is 77.8 cm³/mol. The Kier molecular flexibility index (Phi) is 4.87. The van der Waals surface area contributed by atoms with Crippen molar-refractivity contribution < 1.29 is 29.2 Å². The van der Waals surface area contributed by atoms with E-state index in [-0.39, 0.29) is 6.61 Å². The van der Waals surface area contributed by atoms with Crippen LogP contribution >= 0.6 is 0 Å². The van der Waals surface area contributed by atoms with E-state index >= 15 is 0 Å². The first-order chi connectivity index (χ1) is 10.7. The molecule has 22 heavy (non-hydrogen) atoms. The summed E-state index contributed by atoms with van der Waals surface area (Å²) in [5, 5.41) is 20.1. The number of benzene rings is 1. The first kappa shape index (κ1) is 15.6. The fraction of sp³-hybridized carbons (Fsp3) is 0.500. The first-order valence-electron chi connectivity index (χ1n) is 7.24. The summed E-state index contributed by atoms with van der Waals surface area (Å²) in [6, 6.07) is 9.76. The van der Waals surface area contributed by atoms with Crippen LogP contribution in [0.3, 0.4) is 0 Å². The highest BCUT2D eigenvalue weighted by Gasteiger charge is 2.48. The van der Waals surface area contributed by atoms with Gasteiger partial charge >= 0.3 is 0 Å². The van der Waals surface area contributed by atoms with Crippen molar-refractivity contribution in [2.24, 2.45) is 0 Å². The van der Waals surface area contributed by atoms with Crippen molar-refractivity contribution in [2.75, 3.05) is 13.7 Å². The van der Waals surface area contributed by atoms with E-state index in [2.05, 4.69) is 0 Å². The Morgan fingerprint density at radius 2 is 1.91 bits per heavy atom. The van der Waals surface area contributed by atoms with E-state index in [0.717, 1.165) is 5.56 Å². The molecule has 2 aliphatic rings. The summed E-state index contributed by atoms with van der Waals surface area (Å²) in [5.41, 5.74) is 1.02. The van der Waals surface area contributed by atoms with Crippen LogP contribution in [-0.2, 0) is 18.9 Å². The molecular formula is C16H20O6. The average molecular weight is 308 g/mol. The Morgan fingerprint density at radius 3 is 2.64 bits per heavy atom. The molecule has 0 aromatic heterocycles. The summed E-state index contributed by atoms with van der Waals surface area (Å²) in [5.74, 6) is 0. The van der Waals surface area contributed by atoms with Crippen molar-refractivity contribution in [1.29, 1.82) is 0 Å². The minimum Gasteiger partial charge on any atom is -0.387 e. The van der Waals surface area contributed by atoms with Gasteiger partial charge in [0, 0.05) is 7.11 Å². The third kappa shape index (κ3) is 3.22. The topological polar surface area (TPSA) is 77.4 Å². The first-order valence-corrected chi connectivity index (χ1v) is 7.24. The van der Waals surface area contributed by atoms with Gasteiger partial charge in [-0.15, -0.1) is 0 Å². The second-order valence-corrected chi connectivity index (χ2v) is 5.33. The van der Waals surface area contributed by atoms with Crippen molar-refractivity contribution >= 4 is 6.08 Å². The van der Waals surface area contributed by atoms with Gasteiger partial charge < -0.3 is 29.2 Å². The Balaban J connectivity index is 1.64. The molecule has 2 N–H and O–H groups in total. The number of rotatable bonds is 3. The van der Waals surface area contributed by atoms with Gasteiger partial charge in [-0.05, 0) is 11.6 Å². The molecule has 120 valence electrons. The van der Waals surface area contributed by atoms with Crippen LogP contribution < -0.4 is 0 Å². The standard InChI is InChI=1S/C16H20O6/c1-19-16-14(18)13(17)15-11(21-16)9-20-12(22-15)8-7-10-5-3-2-4-6-10/h2-8,11-18H,9H2,1H3/b8-7+/t11?,12?,13-,14?,15-,16+/m1/s1. The second-order valence-electron chi connectivity index (χ2n) is 5.33. The lowest BCUT2D eigenvalue weighted by atomic mass is 9.98. The van der Waals surface area contributed by atoms with E-state index in [4.69, 9.17) is 18.9 Å². The smallest absolute Gasteiger partial charge is 0.186 e. The number of ether oxygens (including phenoxy) is 4. The molecule has 1 aromatic rings. The van der Waals surface area contributed by atoms with Gasteiger partial charge in [-0.3, -0.25) is 0 Å². The van der Waals surface area contributed by atoms with Crippen LogP contribution in [0.5, 0.6) is 0 Å². The van der Waals surface area contributed by atoms with Gasteiger partial charge in [0.1, 0.15) is 24.4 Å². The van der Waals surface area contributed by atoms with Gasteiger partial charge in [-0.2, -0.15) is 0 Å². The van der Waals surface area contributed by atoms with Crippen LogP contribution in [0, 0.1) is 0 Å². The van der Waals surface area contributed by atoms with Gasteiger partial charge in [0.2, 0.25) is 0 Å². The number of hydrogen-bond acceptors (Lipinski definition) is 6. The van der Waals surface area contributed by atoms with Gasteiger partial charge in [0.05, 0.1) is 6.61 Å². The number of methoxy groups -OCH3 is 1. The van der Waals surface area contributed by atoms with Gasteiger partial charge in [-0.25, -0.2) is 0 Å². The van der Waals surface area contributed by atoms with Crippen molar-refractivity contribution in [3.05, 3.63) is 42.0 Å². The van der Waals surface area contributed by atoms with Crippen LogP contribution in [0.1, 0.15) is 5.56 Å². The summed E-state index contributed by atoms with van der Waals surface area (Å²) in [6.07, 6.45) is -1.16. The van der Waals surface area contributed by atoms with Crippen LogP contribution in [0.2, 0.25) is 0 Å². The molecule has 0 bridgehead atoms. The SMILES string of the molecule is CO[C@H]1OC2COC(/C=C/c3ccccc3)O[C@H]2[C@H](O)C1O. The summed E-state index contributed by atoms with van der Waals surface area (Å²) in [7, 11) is 1.41. The zero-order chi connectivity index (χ0) is 15.5. The Labute approximate surface area is 128 Å². The third-order valence-corrected chi connectivity index (χ3v) is 3.83. The Hall–Kier alpha value is -1.28. The lowest BCUT2D eigenvalue weighted by molar-refractivity contribution is -0.347. The number of fused-ring (bicyclic) bond motifs is 1. The van der Waals surface area contributed by atoms with Gasteiger partial charge in [0.15, 0.2) is 12.6 Å². The molecule has 3 unspecified atom stereocenters. The maximum Gasteiger partial charge on any atom is 0.186 e. The monoisotopic (exact) mass is 308 g/mol. The molecule has 0 spiro atoms. The molecule has 3 rings (SSSR count). The fourth-order valence-electron chi connectivity index (χ4n) is 2.64. The van der Waals surface area contributed by atoms with Crippen LogP contribution in [0.25, 0.3) is 6.08 Å². The van der Waals surface area contributed by atoms with E-state index in [1.54, 1.807) is 6.08 Å². The summed E-state index contributed by atoms with van der Waals surface area (Å²) in [6.45, 7) is 0.262. The molecule has 1 aromatic carbocycles. The van der Waals surface area contributed by atoms with E-state index in [1.807, 2.05) is 36.4 Å². The molecule has 6 atom stereocenters. The van der Waals surface area contributed by atoms with Gasteiger partial charge in [0.25, 0.3) is 0 Å². The van der Waals surface area contributed by atoms with Crippen molar-refractivity contribution in [1.82, 2.24) is 0 Å². The maximum atomic E-state index is 10.2. The molecule has 2 aliphatic heterocycles. The normalized spacial score (nSPS) is 38.9. The molecule has 6 heteroatoms.